The van der Waals surface area contributed by atoms with E-state index in [0.29, 0.717) is 18.4 Å². The fourth-order valence-electron chi connectivity index (χ4n) is 4.67. The number of nitrogens with zero attached hydrogens (tertiary/aromatic N) is 2. The van der Waals surface area contributed by atoms with E-state index in [9.17, 15) is 4.79 Å². The van der Waals surface area contributed by atoms with Crippen molar-refractivity contribution in [3.8, 4) is 16.9 Å². The molecule has 3 aromatic rings. The number of hydrogen-bond acceptors (Lipinski definition) is 3. The average molecular weight is 372 g/mol. The van der Waals surface area contributed by atoms with E-state index < -0.39 is 0 Å². The van der Waals surface area contributed by atoms with Gasteiger partial charge in [-0.1, -0.05) is 30.3 Å². The molecule has 3 heterocycles. The fraction of sp³-hybridized carbons (Fsp3) is 0.333. The van der Waals surface area contributed by atoms with Crippen LogP contribution < -0.4 is 4.74 Å². The molecule has 5 rings (SSSR count). The van der Waals surface area contributed by atoms with Crippen molar-refractivity contribution in [2.75, 3.05) is 6.54 Å². The fourth-order valence-corrected chi connectivity index (χ4v) is 4.67. The molecule has 28 heavy (non-hydrogen) atoms. The Morgan fingerprint density at radius 3 is 2.79 bits per heavy atom. The molecule has 2 aromatic carbocycles. The molecule has 0 saturated carbocycles. The van der Waals surface area contributed by atoms with E-state index >= 15 is 0 Å². The lowest BCUT2D eigenvalue weighted by atomic mass is 9.97. The Morgan fingerprint density at radius 1 is 1.07 bits per heavy atom. The topological polar surface area (TPSA) is 42.4 Å². The lowest BCUT2D eigenvalue weighted by Crippen LogP contribution is -2.43. The summed E-state index contributed by atoms with van der Waals surface area (Å²) in [6, 6.07) is 17.1. The second kappa shape index (κ2) is 6.93. The summed E-state index contributed by atoms with van der Waals surface area (Å²) in [6.07, 6.45) is 5.59. The average Bonchev–Trinajstić information content (AvgIpc) is 3.09. The summed E-state index contributed by atoms with van der Waals surface area (Å²) < 4.78 is 6.24. The molecule has 4 nitrogen and oxygen atoms in total. The maximum Gasteiger partial charge on any atom is 0.222 e. The van der Waals surface area contributed by atoms with Crippen LogP contribution in [0.4, 0.5) is 0 Å². The number of piperidine rings is 1. The highest BCUT2D eigenvalue weighted by molar-refractivity contribution is 5.88. The Hall–Kier alpha value is -2.88. The van der Waals surface area contributed by atoms with E-state index in [2.05, 4.69) is 54.4 Å². The summed E-state index contributed by atoms with van der Waals surface area (Å²) in [5.41, 5.74) is 4.63. The van der Waals surface area contributed by atoms with Crippen molar-refractivity contribution in [3.05, 3.63) is 60.3 Å². The van der Waals surface area contributed by atoms with Gasteiger partial charge >= 0.3 is 0 Å². The van der Waals surface area contributed by atoms with Crippen molar-refractivity contribution < 1.29 is 9.53 Å². The van der Waals surface area contributed by atoms with Gasteiger partial charge in [-0.25, -0.2) is 0 Å². The van der Waals surface area contributed by atoms with E-state index in [1.54, 1.807) is 0 Å². The van der Waals surface area contributed by atoms with Crippen LogP contribution in [0.15, 0.2) is 54.7 Å². The third kappa shape index (κ3) is 3.03. The van der Waals surface area contributed by atoms with Crippen LogP contribution in [-0.4, -0.2) is 34.5 Å². The molecule has 2 aliphatic rings. The van der Waals surface area contributed by atoms with E-state index in [4.69, 9.17) is 4.74 Å². The van der Waals surface area contributed by atoms with Crippen LogP contribution in [0, 0.1) is 6.92 Å². The number of aryl methyl sites for hydroxylation is 1. The normalized spacial score (nSPS) is 21.8. The molecule has 2 fully saturated rings. The molecule has 1 aromatic heterocycles. The largest absolute Gasteiger partial charge is 0.490 e. The molecule has 142 valence electrons. The minimum Gasteiger partial charge on any atom is -0.490 e. The first kappa shape index (κ1) is 17.2. The zero-order valence-corrected chi connectivity index (χ0v) is 16.1. The highest BCUT2D eigenvalue weighted by atomic mass is 16.5. The molecule has 2 saturated heterocycles. The monoisotopic (exact) mass is 372 g/mol. The number of benzene rings is 2. The minimum absolute atomic E-state index is 0.199. The molecule has 0 spiro atoms. The minimum atomic E-state index is 0.199. The summed E-state index contributed by atoms with van der Waals surface area (Å²) >= 11 is 0. The van der Waals surface area contributed by atoms with E-state index in [0.717, 1.165) is 37.1 Å². The molecular weight excluding hydrogens is 348 g/mol. The van der Waals surface area contributed by atoms with Gasteiger partial charge in [-0.2, -0.15) is 0 Å². The maximum absolute atomic E-state index is 11.8. The van der Waals surface area contributed by atoms with Gasteiger partial charge in [-0.15, -0.1) is 0 Å². The van der Waals surface area contributed by atoms with Gasteiger partial charge in [0.25, 0.3) is 0 Å². The first-order valence-corrected chi connectivity index (χ1v) is 10.1. The molecule has 4 heteroatoms. The predicted molar refractivity (Wildman–Crippen MR) is 110 cm³/mol. The standard InChI is InChI=1S/C24H24N2O2/c1-16-22(10-6-18-3-2-13-25-24(16)18)17-4-8-20(9-5-17)28-21-12-14-26-19(15-21)7-11-23(26)27/h2-6,8-10,13,19,21H,7,11-12,14-15H2,1H3/t19?,21-/m1/s1. The number of fused-ring (bicyclic) bond motifs is 2. The zero-order valence-electron chi connectivity index (χ0n) is 16.1. The Morgan fingerprint density at radius 2 is 1.93 bits per heavy atom. The van der Waals surface area contributed by atoms with Gasteiger partial charge in [0.05, 0.1) is 5.52 Å². The second-order valence-corrected chi connectivity index (χ2v) is 7.88. The Balaban J connectivity index is 1.32. The molecule has 2 aliphatic heterocycles. The van der Waals surface area contributed by atoms with Gasteiger partial charge in [-0.05, 0) is 48.2 Å². The lowest BCUT2D eigenvalue weighted by molar-refractivity contribution is -0.130. The van der Waals surface area contributed by atoms with Crippen molar-refractivity contribution in [2.45, 2.75) is 44.8 Å². The van der Waals surface area contributed by atoms with Crippen LogP contribution in [0.5, 0.6) is 5.75 Å². The molecule has 0 aliphatic carbocycles. The van der Waals surface area contributed by atoms with Gasteiger partial charge in [0, 0.05) is 43.4 Å². The molecule has 0 N–H and O–H groups in total. The number of aromatic nitrogens is 1. The van der Waals surface area contributed by atoms with Crippen LogP contribution in [-0.2, 0) is 4.79 Å². The van der Waals surface area contributed by atoms with Gasteiger partial charge in [-0.3, -0.25) is 9.78 Å². The Kier molecular flexibility index (Phi) is 4.27. The van der Waals surface area contributed by atoms with Crippen LogP contribution in [0.25, 0.3) is 22.0 Å². The van der Waals surface area contributed by atoms with Crippen LogP contribution >= 0.6 is 0 Å². The van der Waals surface area contributed by atoms with Gasteiger partial charge in [0.15, 0.2) is 0 Å². The molecule has 2 atom stereocenters. The van der Waals surface area contributed by atoms with Gasteiger partial charge < -0.3 is 9.64 Å². The first-order chi connectivity index (χ1) is 13.7. The smallest absolute Gasteiger partial charge is 0.222 e. The molecule has 0 bridgehead atoms. The SMILES string of the molecule is Cc1c(-c2ccc(O[C@@H]3CCN4C(=O)CCC4C3)cc2)ccc2cccnc12. The summed E-state index contributed by atoms with van der Waals surface area (Å²) in [6.45, 7) is 2.96. The van der Waals surface area contributed by atoms with Crippen molar-refractivity contribution in [1.82, 2.24) is 9.88 Å². The Bertz CT molecular complexity index is 1030. The third-order valence-electron chi connectivity index (χ3n) is 6.18. The zero-order chi connectivity index (χ0) is 19.1. The Labute approximate surface area is 165 Å². The summed E-state index contributed by atoms with van der Waals surface area (Å²) in [5.74, 6) is 1.22. The summed E-state index contributed by atoms with van der Waals surface area (Å²) in [7, 11) is 0. The number of rotatable bonds is 3. The van der Waals surface area contributed by atoms with Crippen LogP contribution in [0.2, 0.25) is 0 Å². The maximum atomic E-state index is 11.8. The van der Waals surface area contributed by atoms with Crippen molar-refractivity contribution in [3.63, 3.8) is 0 Å². The predicted octanol–water partition coefficient (Wildman–Crippen LogP) is 4.74. The number of pyridine rings is 1. The number of amides is 1. The molecule has 0 radical (unpaired) electrons. The highest BCUT2D eigenvalue weighted by Gasteiger charge is 2.36. The number of hydrogen-bond donors (Lipinski definition) is 0. The van der Waals surface area contributed by atoms with Crippen molar-refractivity contribution in [1.29, 1.82) is 0 Å². The molecular formula is C24H24N2O2. The van der Waals surface area contributed by atoms with E-state index in [1.165, 1.54) is 22.1 Å². The van der Waals surface area contributed by atoms with Gasteiger partial charge in [0.1, 0.15) is 11.9 Å². The van der Waals surface area contributed by atoms with E-state index in [1.807, 2.05) is 17.2 Å². The van der Waals surface area contributed by atoms with Crippen LogP contribution in [0.1, 0.15) is 31.2 Å². The second-order valence-electron chi connectivity index (χ2n) is 7.88. The van der Waals surface area contributed by atoms with Gasteiger partial charge in [0.2, 0.25) is 5.91 Å². The quantitative estimate of drug-likeness (QED) is 0.667. The number of carbonyl (C=O) groups is 1. The van der Waals surface area contributed by atoms with Crippen LogP contribution in [0.3, 0.4) is 0 Å². The molecule has 1 amide bonds. The number of carbonyl (C=O) groups excluding carboxylic acids is 1. The summed E-state index contributed by atoms with van der Waals surface area (Å²) in [4.78, 5) is 18.4. The lowest BCUT2D eigenvalue weighted by Gasteiger charge is -2.35. The summed E-state index contributed by atoms with van der Waals surface area (Å²) in [5, 5.41) is 1.17. The van der Waals surface area contributed by atoms with Crippen molar-refractivity contribution >= 4 is 16.8 Å². The molecule has 1 unspecified atom stereocenters. The number of ether oxygens (including phenoxy) is 1. The van der Waals surface area contributed by atoms with E-state index in [-0.39, 0.29) is 6.10 Å². The highest BCUT2D eigenvalue weighted by Crippen LogP contribution is 2.32. The van der Waals surface area contributed by atoms with Crippen molar-refractivity contribution in [2.24, 2.45) is 0 Å². The first-order valence-electron chi connectivity index (χ1n) is 10.1. The third-order valence-corrected chi connectivity index (χ3v) is 6.18.